The number of nitrogens with one attached hydrogen (secondary N) is 2. The van der Waals surface area contributed by atoms with Gasteiger partial charge in [-0.2, -0.15) is 0 Å². The first-order chi connectivity index (χ1) is 9.54. The first-order valence-electron chi connectivity index (χ1n) is 5.78. The molecule has 0 unspecified atom stereocenters. The van der Waals surface area contributed by atoms with E-state index >= 15 is 0 Å². The highest BCUT2D eigenvalue weighted by molar-refractivity contribution is 6.01. The summed E-state index contributed by atoms with van der Waals surface area (Å²) < 4.78 is 12.7. The Balaban J connectivity index is 2.02. The van der Waals surface area contributed by atoms with Crippen LogP contribution in [-0.4, -0.2) is 11.9 Å². The summed E-state index contributed by atoms with van der Waals surface area (Å²) in [6, 6.07) is 11.1. The Kier molecular flexibility index (Phi) is 3.95. The minimum Gasteiger partial charge on any atom is -0.366 e. The van der Waals surface area contributed by atoms with Crippen LogP contribution in [0.4, 0.5) is 20.6 Å². The zero-order chi connectivity index (χ0) is 14.5. The topological polar surface area (TPSA) is 84.2 Å². The first-order valence-corrected chi connectivity index (χ1v) is 5.78. The van der Waals surface area contributed by atoms with Crippen LogP contribution in [0.15, 0.2) is 48.5 Å². The van der Waals surface area contributed by atoms with Crippen LogP contribution in [0, 0.1) is 5.82 Å². The van der Waals surface area contributed by atoms with Crippen LogP contribution in [-0.2, 0) is 0 Å². The third kappa shape index (κ3) is 3.55. The van der Waals surface area contributed by atoms with Crippen LogP contribution in [0.3, 0.4) is 0 Å². The van der Waals surface area contributed by atoms with Gasteiger partial charge in [-0.3, -0.25) is 4.79 Å². The Hall–Kier alpha value is -2.89. The monoisotopic (exact) mass is 273 g/mol. The number of anilines is 2. The number of carbonyl (C=O) groups is 2. The maximum absolute atomic E-state index is 12.7. The van der Waals surface area contributed by atoms with E-state index in [0.717, 1.165) is 0 Å². The maximum atomic E-state index is 12.7. The number of rotatable bonds is 3. The minimum atomic E-state index is -0.576. The Morgan fingerprint density at radius 3 is 2.25 bits per heavy atom. The largest absolute Gasteiger partial charge is 0.366 e. The molecule has 5 nitrogen and oxygen atoms in total. The van der Waals surface area contributed by atoms with Gasteiger partial charge in [-0.15, -0.1) is 0 Å². The lowest BCUT2D eigenvalue weighted by atomic mass is 10.2. The van der Waals surface area contributed by atoms with Gasteiger partial charge in [0.2, 0.25) is 5.91 Å². The van der Waals surface area contributed by atoms with Crippen molar-refractivity contribution in [2.24, 2.45) is 5.73 Å². The van der Waals surface area contributed by atoms with Gasteiger partial charge < -0.3 is 16.4 Å². The van der Waals surface area contributed by atoms with Crippen molar-refractivity contribution in [1.29, 1.82) is 0 Å². The lowest BCUT2D eigenvalue weighted by Crippen LogP contribution is -2.20. The van der Waals surface area contributed by atoms with Crippen molar-refractivity contribution in [3.8, 4) is 0 Å². The molecule has 0 aliphatic heterocycles. The van der Waals surface area contributed by atoms with Crippen LogP contribution in [0.5, 0.6) is 0 Å². The van der Waals surface area contributed by atoms with Gasteiger partial charge in [-0.25, -0.2) is 9.18 Å². The predicted octanol–water partition coefficient (Wildman–Crippen LogP) is 2.57. The fourth-order valence-electron chi connectivity index (χ4n) is 1.58. The van der Waals surface area contributed by atoms with E-state index in [1.165, 1.54) is 30.3 Å². The summed E-state index contributed by atoms with van der Waals surface area (Å²) in [6.45, 7) is 0. The summed E-state index contributed by atoms with van der Waals surface area (Å²) in [5, 5.41) is 5.08. The van der Waals surface area contributed by atoms with Crippen molar-refractivity contribution in [2.45, 2.75) is 0 Å². The second-order valence-electron chi connectivity index (χ2n) is 4.03. The van der Waals surface area contributed by atoms with Crippen molar-refractivity contribution in [3.05, 3.63) is 59.9 Å². The van der Waals surface area contributed by atoms with Crippen LogP contribution in [0.25, 0.3) is 0 Å². The standard InChI is InChI=1S/C14H12FN3O2/c15-10-4-6-11(7-5-10)17-14(20)18-12-3-1-2-9(8-12)13(16)19/h1-8H,(H2,16,19)(H2,17,18,20). The lowest BCUT2D eigenvalue weighted by Gasteiger charge is -2.08. The predicted molar refractivity (Wildman–Crippen MR) is 74.0 cm³/mol. The number of benzene rings is 2. The number of hydrogen-bond donors (Lipinski definition) is 3. The second-order valence-corrected chi connectivity index (χ2v) is 4.03. The van der Waals surface area contributed by atoms with Crippen LogP contribution in [0.2, 0.25) is 0 Å². The number of primary amides is 1. The molecule has 0 saturated heterocycles. The molecular weight excluding hydrogens is 261 g/mol. The minimum absolute atomic E-state index is 0.296. The van der Waals surface area contributed by atoms with Crippen molar-refractivity contribution in [3.63, 3.8) is 0 Å². The molecule has 0 aromatic heterocycles. The number of urea groups is 1. The Morgan fingerprint density at radius 2 is 1.60 bits per heavy atom. The maximum Gasteiger partial charge on any atom is 0.323 e. The number of hydrogen-bond acceptors (Lipinski definition) is 2. The SMILES string of the molecule is NC(=O)c1cccc(NC(=O)Nc2ccc(F)cc2)c1. The van der Waals surface area contributed by atoms with Gasteiger partial charge >= 0.3 is 6.03 Å². The van der Waals surface area contributed by atoms with Crippen molar-refractivity contribution in [2.75, 3.05) is 10.6 Å². The van der Waals surface area contributed by atoms with E-state index in [0.29, 0.717) is 16.9 Å². The Bertz CT molecular complexity index is 641. The van der Waals surface area contributed by atoms with E-state index < -0.39 is 11.9 Å². The third-order valence-corrected chi connectivity index (χ3v) is 2.51. The average molecular weight is 273 g/mol. The molecule has 20 heavy (non-hydrogen) atoms. The number of halogens is 1. The molecule has 0 fully saturated rings. The van der Waals surface area contributed by atoms with Gasteiger partial charge in [0.15, 0.2) is 0 Å². The summed E-state index contributed by atoms with van der Waals surface area (Å²) in [4.78, 5) is 22.7. The van der Waals surface area contributed by atoms with Gasteiger partial charge in [0.1, 0.15) is 5.82 Å². The highest BCUT2D eigenvalue weighted by atomic mass is 19.1. The van der Waals surface area contributed by atoms with Crippen molar-refractivity contribution >= 4 is 23.3 Å². The van der Waals surface area contributed by atoms with Crippen LogP contribution in [0.1, 0.15) is 10.4 Å². The molecule has 2 aromatic carbocycles. The van der Waals surface area contributed by atoms with Gasteiger partial charge in [0.25, 0.3) is 0 Å². The van der Waals surface area contributed by atoms with Gasteiger partial charge in [0.05, 0.1) is 0 Å². The van der Waals surface area contributed by atoms with E-state index in [2.05, 4.69) is 10.6 Å². The Morgan fingerprint density at radius 1 is 0.950 bits per heavy atom. The molecular formula is C14H12FN3O2. The van der Waals surface area contributed by atoms with E-state index in [4.69, 9.17) is 5.73 Å². The Labute approximate surface area is 114 Å². The fourth-order valence-corrected chi connectivity index (χ4v) is 1.58. The summed E-state index contributed by atoms with van der Waals surface area (Å²) in [7, 11) is 0. The molecule has 0 aliphatic rings. The number of nitrogens with two attached hydrogens (primary N) is 1. The first kappa shape index (κ1) is 13.5. The molecule has 0 saturated carbocycles. The molecule has 0 aliphatic carbocycles. The molecule has 2 rings (SSSR count). The molecule has 3 amide bonds. The third-order valence-electron chi connectivity index (χ3n) is 2.51. The molecule has 0 radical (unpaired) electrons. The molecule has 0 bridgehead atoms. The summed E-state index contributed by atoms with van der Waals surface area (Å²) in [6.07, 6.45) is 0. The highest BCUT2D eigenvalue weighted by Crippen LogP contribution is 2.12. The van der Waals surface area contributed by atoms with Gasteiger partial charge in [0, 0.05) is 16.9 Å². The zero-order valence-corrected chi connectivity index (χ0v) is 10.4. The van der Waals surface area contributed by atoms with E-state index in [9.17, 15) is 14.0 Å². The second kappa shape index (κ2) is 5.83. The molecule has 6 heteroatoms. The van der Waals surface area contributed by atoms with Crippen molar-refractivity contribution in [1.82, 2.24) is 0 Å². The van der Waals surface area contributed by atoms with Crippen LogP contribution < -0.4 is 16.4 Å². The molecule has 2 aromatic rings. The zero-order valence-electron chi connectivity index (χ0n) is 10.4. The van der Waals surface area contributed by atoms with E-state index in [1.807, 2.05) is 0 Å². The molecule has 0 atom stereocenters. The van der Waals surface area contributed by atoms with E-state index in [1.54, 1.807) is 18.2 Å². The van der Waals surface area contributed by atoms with Gasteiger partial charge in [-0.05, 0) is 42.5 Å². The highest BCUT2D eigenvalue weighted by Gasteiger charge is 2.05. The normalized spacial score (nSPS) is 9.85. The van der Waals surface area contributed by atoms with Gasteiger partial charge in [-0.1, -0.05) is 6.07 Å². The molecule has 4 N–H and O–H groups in total. The average Bonchev–Trinajstić information content (AvgIpc) is 2.41. The molecule has 102 valence electrons. The number of amides is 3. The summed E-state index contributed by atoms with van der Waals surface area (Å²) in [5.41, 5.74) is 6.33. The fraction of sp³-hybridized carbons (Fsp3) is 0. The summed E-state index contributed by atoms with van der Waals surface area (Å²) >= 11 is 0. The number of carbonyl (C=O) groups excluding carboxylic acids is 2. The van der Waals surface area contributed by atoms with Crippen LogP contribution >= 0.6 is 0 Å². The lowest BCUT2D eigenvalue weighted by molar-refractivity contribution is 0.100. The smallest absolute Gasteiger partial charge is 0.323 e. The van der Waals surface area contributed by atoms with Crippen molar-refractivity contribution < 1.29 is 14.0 Å². The van der Waals surface area contributed by atoms with E-state index in [-0.39, 0.29) is 5.82 Å². The molecule has 0 heterocycles. The summed E-state index contributed by atoms with van der Waals surface area (Å²) in [5.74, 6) is -0.960. The molecule has 0 spiro atoms. The quantitative estimate of drug-likeness (QED) is 0.803.